The van der Waals surface area contributed by atoms with E-state index in [0.29, 0.717) is 0 Å². The topological polar surface area (TPSA) is 0 Å². The lowest BCUT2D eigenvalue weighted by Crippen LogP contribution is -1.90. The molecule has 202 valence electrons. The van der Waals surface area contributed by atoms with Crippen molar-refractivity contribution in [1.82, 2.24) is 0 Å². The van der Waals surface area contributed by atoms with Gasteiger partial charge in [0.05, 0.1) is 0 Å². The van der Waals surface area contributed by atoms with Crippen molar-refractivity contribution >= 4 is 21.5 Å². The van der Waals surface area contributed by atoms with Crippen LogP contribution in [-0.2, 0) is 0 Å². The van der Waals surface area contributed by atoms with Gasteiger partial charge in [-0.25, -0.2) is 0 Å². The maximum atomic E-state index is 2.33. The highest BCUT2D eigenvalue weighted by molar-refractivity contribution is 6.21. The molecule has 2 aliphatic rings. The maximum absolute atomic E-state index is 2.33. The van der Waals surface area contributed by atoms with Crippen molar-refractivity contribution in [2.24, 2.45) is 0 Å². The van der Waals surface area contributed by atoms with E-state index in [0.717, 1.165) is 0 Å². The zero-order valence-corrected chi connectivity index (χ0v) is 24.0. The third kappa shape index (κ3) is 3.17. The van der Waals surface area contributed by atoms with Crippen LogP contribution in [0.1, 0.15) is 0 Å². The Labute approximate surface area is 256 Å². The summed E-state index contributed by atoms with van der Waals surface area (Å²) in [5.41, 5.74) is 18.3. The van der Waals surface area contributed by atoms with Crippen LogP contribution in [0.15, 0.2) is 158 Å². The molecule has 0 fully saturated rings. The summed E-state index contributed by atoms with van der Waals surface area (Å²) in [5, 5.41) is 5.35. The summed E-state index contributed by atoms with van der Waals surface area (Å²) in [5.74, 6) is 0. The zero-order chi connectivity index (χ0) is 28.8. The van der Waals surface area contributed by atoms with Crippen LogP contribution in [0, 0.1) is 0 Å². The second-order valence-corrected chi connectivity index (χ2v) is 12.0. The lowest BCUT2D eigenvalue weighted by Gasteiger charge is -2.16. The molecule has 0 atom stereocenters. The molecule has 0 unspecified atom stereocenters. The van der Waals surface area contributed by atoms with Gasteiger partial charge in [0, 0.05) is 0 Å². The van der Waals surface area contributed by atoms with E-state index in [2.05, 4.69) is 158 Å². The lowest BCUT2D eigenvalue weighted by molar-refractivity contribution is 1.58. The van der Waals surface area contributed by atoms with Gasteiger partial charge in [-0.2, -0.15) is 0 Å². The number of rotatable bonds is 3. The minimum Gasteiger partial charge on any atom is -0.0622 e. The normalized spacial score (nSPS) is 12.1. The Morgan fingerprint density at radius 1 is 0.227 bits per heavy atom. The largest absolute Gasteiger partial charge is 0.0622 e. The summed E-state index contributed by atoms with van der Waals surface area (Å²) in [6, 6.07) is 58.3. The third-order valence-electron chi connectivity index (χ3n) is 9.79. The highest BCUT2D eigenvalue weighted by Crippen LogP contribution is 2.55. The summed E-state index contributed by atoms with van der Waals surface area (Å²) in [4.78, 5) is 0. The van der Waals surface area contributed by atoms with Crippen molar-refractivity contribution in [3.8, 4) is 77.9 Å². The molecule has 0 nitrogen and oxygen atoms in total. The fourth-order valence-corrected chi connectivity index (χ4v) is 7.91. The van der Waals surface area contributed by atoms with E-state index < -0.39 is 0 Å². The first-order chi connectivity index (χ1) is 21.8. The van der Waals surface area contributed by atoms with Gasteiger partial charge in [-0.1, -0.05) is 158 Å². The fraction of sp³-hybridized carbons (Fsp3) is 0. The molecular weight excluding hydrogens is 528 g/mol. The Morgan fingerprint density at radius 2 is 0.682 bits per heavy atom. The molecule has 0 heteroatoms. The van der Waals surface area contributed by atoms with Crippen LogP contribution in [-0.4, -0.2) is 0 Å². The van der Waals surface area contributed by atoms with Gasteiger partial charge < -0.3 is 0 Å². The SMILES string of the molecule is c1ccc(-c2ccc(-c3ccc(-c4ccc5c6c(cccc46)-c4ccccc4-5)cc3)c3c2-c2cccc4cccc-3c24)cc1. The standard InChI is InChI=1S/C44H26/c1-2-9-27(10-3-1)32-24-25-33(44-40-18-7-12-30-11-6-17-39(41(30)40)43(32)44)29-21-19-28(20-22-29)31-23-26-38-35-14-5-4-13-34(35)37-16-8-15-36(31)42(37)38/h1-26H. The highest BCUT2D eigenvalue weighted by Gasteiger charge is 2.27. The van der Waals surface area contributed by atoms with Gasteiger partial charge in [0.2, 0.25) is 0 Å². The van der Waals surface area contributed by atoms with Gasteiger partial charge in [-0.05, 0) is 99.4 Å². The average molecular weight is 555 g/mol. The fourth-order valence-electron chi connectivity index (χ4n) is 7.91. The minimum atomic E-state index is 1.24. The van der Waals surface area contributed by atoms with Crippen LogP contribution in [0.25, 0.3) is 99.4 Å². The Kier molecular flexibility index (Phi) is 4.81. The van der Waals surface area contributed by atoms with Crippen molar-refractivity contribution in [3.63, 3.8) is 0 Å². The minimum absolute atomic E-state index is 1.24. The van der Waals surface area contributed by atoms with Gasteiger partial charge in [0.1, 0.15) is 0 Å². The Balaban J connectivity index is 1.15. The molecule has 0 bridgehead atoms. The predicted molar refractivity (Wildman–Crippen MR) is 187 cm³/mol. The van der Waals surface area contributed by atoms with Crippen LogP contribution in [0.5, 0.6) is 0 Å². The second-order valence-electron chi connectivity index (χ2n) is 12.0. The molecule has 0 amide bonds. The summed E-state index contributed by atoms with van der Waals surface area (Å²) in [6.45, 7) is 0. The molecule has 8 aromatic rings. The Morgan fingerprint density at radius 3 is 1.34 bits per heavy atom. The van der Waals surface area contributed by atoms with E-state index >= 15 is 0 Å². The Hall–Kier alpha value is -5.72. The van der Waals surface area contributed by atoms with Crippen molar-refractivity contribution in [1.29, 1.82) is 0 Å². The molecule has 0 N–H and O–H groups in total. The first-order valence-corrected chi connectivity index (χ1v) is 15.4. The molecule has 8 aromatic carbocycles. The molecule has 2 aliphatic carbocycles. The van der Waals surface area contributed by atoms with Gasteiger partial charge in [-0.3, -0.25) is 0 Å². The number of hydrogen-bond donors (Lipinski definition) is 0. The second kappa shape index (κ2) is 8.89. The number of hydrogen-bond acceptors (Lipinski definition) is 0. The quantitative estimate of drug-likeness (QED) is 0.204. The highest BCUT2D eigenvalue weighted by atomic mass is 14.3. The summed E-state index contributed by atoms with van der Waals surface area (Å²) >= 11 is 0. The molecule has 44 heavy (non-hydrogen) atoms. The average Bonchev–Trinajstić information content (AvgIpc) is 3.61. The zero-order valence-electron chi connectivity index (χ0n) is 24.0. The van der Waals surface area contributed by atoms with Gasteiger partial charge >= 0.3 is 0 Å². The van der Waals surface area contributed by atoms with E-state index in [1.165, 1.54) is 99.4 Å². The molecule has 0 spiro atoms. The van der Waals surface area contributed by atoms with Crippen LogP contribution >= 0.6 is 0 Å². The van der Waals surface area contributed by atoms with Gasteiger partial charge in [-0.15, -0.1) is 0 Å². The van der Waals surface area contributed by atoms with E-state index in [1.807, 2.05) is 0 Å². The van der Waals surface area contributed by atoms with Crippen LogP contribution in [0.3, 0.4) is 0 Å². The molecule has 10 rings (SSSR count). The monoisotopic (exact) mass is 554 g/mol. The third-order valence-corrected chi connectivity index (χ3v) is 9.79. The molecular formula is C44H26. The maximum Gasteiger partial charge on any atom is -0.00139 e. The van der Waals surface area contributed by atoms with E-state index in [1.54, 1.807) is 0 Å². The van der Waals surface area contributed by atoms with Gasteiger partial charge in [0.25, 0.3) is 0 Å². The summed E-state index contributed by atoms with van der Waals surface area (Å²) < 4.78 is 0. The Bertz CT molecular complexity index is 2430. The van der Waals surface area contributed by atoms with Crippen LogP contribution in [0.4, 0.5) is 0 Å². The smallest absolute Gasteiger partial charge is 0.00139 e. The first kappa shape index (κ1) is 23.8. The van der Waals surface area contributed by atoms with Gasteiger partial charge in [0.15, 0.2) is 0 Å². The first-order valence-electron chi connectivity index (χ1n) is 15.4. The van der Waals surface area contributed by atoms with E-state index in [-0.39, 0.29) is 0 Å². The van der Waals surface area contributed by atoms with Crippen LogP contribution < -0.4 is 0 Å². The number of fused-ring (bicyclic) bond motifs is 6. The summed E-state index contributed by atoms with van der Waals surface area (Å²) in [7, 11) is 0. The van der Waals surface area contributed by atoms with Crippen molar-refractivity contribution < 1.29 is 0 Å². The van der Waals surface area contributed by atoms with Crippen molar-refractivity contribution in [3.05, 3.63) is 158 Å². The predicted octanol–water partition coefficient (Wildman–Crippen LogP) is 12.3. The molecule has 0 heterocycles. The van der Waals surface area contributed by atoms with E-state index in [4.69, 9.17) is 0 Å². The van der Waals surface area contributed by atoms with Crippen LogP contribution in [0.2, 0.25) is 0 Å². The van der Waals surface area contributed by atoms with E-state index in [9.17, 15) is 0 Å². The lowest BCUT2D eigenvalue weighted by atomic mass is 9.87. The molecule has 0 aromatic heterocycles. The molecule has 0 saturated carbocycles. The van der Waals surface area contributed by atoms with Crippen molar-refractivity contribution in [2.75, 3.05) is 0 Å². The molecule has 0 aliphatic heterocycles. The molecule has 0 radical (unpaired) electrons. The summed E-state index contributed by atoms with van der Waals surface area (Å²) in [6.07, 6.45) is 0. The molecule has 0 saturated heterocycles. The van der Waals surface area contributed by atoms with Crippen molar-refractivity contribution in [2.45, 2.75) is 0 Å². The number of benzene rings is 8.